The van der Waals surface area contributed by atoms with Gasteiger partial charge in [0.2, 0.25) is 11.9 Å². The number of nitrogens with one attached hydrogen (secondary N) is 1. The number of nitrogens with zero attached hydrogens (tertiary/aromatic N) is 10. The van der Waals surface area contributed by atoms with Crippen LogP contribution in [0.15, 0.2) is 55.1 Å². The summed E-state index contributed by atoms with van der Waals surface area (Å²) in [5, 5.41) is 22.5. The molecule has 3 aromatic heterocycles. The van der Waals surface area contributed by atoms with Crippen LogP contribution in [0.3, 0.4) is 0 Å². The number of benzene rings is 2. The topological polar surface area (TPSA) is 150 Å². The number of nitriles is 1. The first-order chi connectivity index (χ1) is 32.5. The van der Waals surface area contributed by atoms with Gasteiger partial charge in [0.25, 0.3) is 12.3 Å². The van der Waals surface area contributed by atoms with E-state index in [0.717, 1.165) is 86.4 Å². The average Bonchev–Trinajstić information content (AvgIpc) is 4.06. The zero-order chi connectivity index (χ0) is 47.9. The fourth-order valence-electron chi connectivity index (χ4n) is 12.5. The predicted octanol–water partition coefficient (Wildman–Crippen LogP) is 9.15. The summed E-state index contributed by atoms with van der Waals surface area (Å²) in [6, 6.07) is 10.7. The van der Waals surface area contributed by atoms with E-state index < -0.39 is 17.3 Å². The van der Waals surface area contributed by atoms with E-state index >= 15 is 0 Å². The molecule has 2 saturated carbocycles. The number of amides is 2. The summed E-state index contributed by atoms with van der Waals surface area (Å²) in [6.45, 7) is 13.2. The third-order valence-electron chi connectivity index (χ3n) is 15.8. The largest absolute Gasteiger partial charge is 0.489 e. The van der Waals surface area contributed by atoms with E-state index in [1.54, 1.807) is 67.7 Å². The molecule has 3 aliphatic heterocycles. The molecule has 3 fully saturated rings. The summed E-state index contributed by atoms with van der Waals surface area (Å²) in [7, 11) is 1.78. The number of anilines is 3. The van der Waals surface area contributed by atoms with Crippen molar-refractivity contribution in [1.29, 1.82) is 5.26 Å². The number of hydrogen-bond acceptors (Lipinski definition) is 10. The van der Waals surface area contributed by atoms with Gasteiger partial charge in [-0.15, -0.1) is 0 Å². The Balaban J connectivity index is 0.813. The molecule has 0 unspecified atom stereocenters. The second-order valence-electron chi connectivity index (χ2n) is 20.9. The number of fused-ring (bicyclic) bond motifs is 2. The molecule has 2 amide bonds. The fraction of sp³-hybridized carbons (Fsp3) is 0.510. The zero-order valence-corrected chi connectivity index (χ0v) is 40.3. The molecule has 6 heterocycles. The number of carbonyl (C=O) groups is 2. The summed E-state index contributed by atoms with van der Waals surface area (Å²) in [4.78, 5) is 42.0. The number of halogens is 3. The Kier molecular flexibility index (Phi) is 11.5. The number of aromatic nitrogens is 6. The second kappa shape index (κ2) is 17.2. The van der Waals surface area contributed by atoms with Crippen molar-refractivity contribution in [2.75, 3.05) is 36.0 Å². The standard InChI is InChI=1S/C51H58ClF2N11O3/c1-30(66)62-18-13-41-39(28-62)44(64-17-7-8-31-20-37(34-26-58-61(6)27-34)38(43(53)54)22-42(31)64)60-65(41)35-11-14-51(15-12-35)16-19-63(29-51)48-56-24-33(25-57-48)45(67)59-46-49(2,3)47(50(46,4)5)68-36-10-9-32(23-55)40(52)21-36/h9-10,20-22,24-27,35,43,46-47H,7-8,11-19,28-29H2,1-6H3,(H,59,67). The molecule has 68 heavy (non-hydrogen) atoms. The van der Waals surface area contributed by atoms with Crippen LogP contribution in [0.5, 0.6) is 5.75 Å². The van der Waals surface area contributed by atoms with Crippen LogP contribution < -0.4 is 19.9 Å². The molecule has 356 valence electrons. The Bertz CT molecular complexity index is 2810. The Labute approximate surface area is 400 Å². The molecule has 1 saturated heterocycles. The van der Waals surface area contributed by atoms with Crippen LogP contribution in [-0.2, 0) is 31.2 Å². The summed E-state index contributed by atoms with van der Waals surface area (Å²) < 4.78 is 39.9. The average molecular weight is 947 g/mol. The Hall–Kier alpha value is -6.08. The van der Waals surface area contributed by atoms with E-state index in [2.05, 4.69) is 58.7 Å². The summed E-state index contributed by atoms with van der Waals surface area (Å²) in [6.07, 6.45) is 11.0. The first kappa shape index (κ1) is 45.7. The van der Waals surface area contributed by atoms with Gasteiger partial charge in [0.1, 0.15) is 17.9 Å². The summed E-state index contributed by atoms with van der Waals surface area (Å²) in [5.74, 6) is 1.73. The SMILES string of the molecule is CC(=O)N1CCc2c(c(N3CCCc4cc(-c5cnn(C)c5)c(C(F)F)cc43)nn2C2CCC3(CC2)CCN(c2ncc(C(=O)NC4C(C)(C)C(Oc5ccc(C#N)c(Cl)c5)C4(C)C)cn2)C3)C1. The highest BCUT2D eigenvalue weighted by molar-refractivity contribution is 6.31. The van der Waals surface area contributed by atoms with Gasteiger partial charge < -0.3 is 24.8 Å². The van der Waals surface area contributed by atoms with Crippen molar-refractivity contribution in [3.05, 3.63) is 93.7 Å². The Morgan fingerprint density at radius 2 is 1.74 bits per heavy atom. The molecule has 5 aliphatic rings. The third-order valence-corrected chi connectivity index (χ3v) is 16.1. The summed E-state index contributed by atoms with van der Waals surface area (Å²) >= 11 is 6.28. The summed E-state index contributed by atoms with van der Waals surface area (Å²) in [5.41, 5.74) is 5.13. The predicted molar refractivity (Wildman–Crippen MR) is 254 cm³/mol. The Morgan fingerprint density at radius 3 is 2.40 bits per heavy atom. The first-order valence-corrected chi connectivity index (χ1v) is 24.2. The Morgan fingerprint density at radius 1 is 0.985 bits per heavy atom. The van der Waals surface area contributed by atoms with Crippen LogP contribution in [0.1, 0.15) is 124 Å². The van der Waals surface area contributed by atoms with Crippen LogP contribution in [0.25, 0.3) is 11.1 Å². The van der Waals surface area contributed by atoms with Crippen LogP contribution in [0.4, 0.5) is 26.2 Å². The van der Waals surface area contributed by atoms with Crippen LogP contribution in [0.2, 0.25) is 5.02 Å². The molecule has 1 N–H and O–H groups in total. The van der Waals surface area contributed by atoms with E-state index in [9.17, 15) is 23.6 Å². The van der Waals surface area contributed by atoms with E-state index in [0.29, 0.717) is 65.0 Å². The van der Waals surface area contributed by atoms with Crippen molar-refractivity contribution in [2.45, 2.75) is 117 Å². The van der Waals surface area contributed by atoms with Gasteiger partial charge in [-0.3, -0.25) is 19.0 Å². The molecule has 2 aromatic carbocycles. The van der Waals surface area contributed by atoms with Crippen LogP contribution in [-0.4, -0.2) is 84.6 Å². The minimum Gasteiger partial charge on any atom is -0.489 e. The number of carbonyl (C=O) groups excluding carboxylic acids is 2. The van der Waals surface area contributed by atoms with Crippen molar-refractivity contribution in [2.24, 2.45) is 23.3 Å². The van der Waals surface area contributed by atoms with Crippen molar-refractivity contribution in [1.82, 2.24) is 39.7 Å². The molecular weight excluding hydrogens is 888 g/mol. The number of aryl methyl sites for hydroxylation is 2. The maximum Gasteiger partial charge on any atom is 0.264 e. The maximum absolute atomic E-state index is 14.8. The molecule has 17 heteroatoms. The highest BCUT2D eigenvalue weighted by atomic mass is 35.5. The van der Waals surface area contributed by atoms with Gasteiger partial charge in [-0.25, -0.2) is 18.7 Å². The molecular formula is C51H58ClF2N11O3. The van der Waals surface area contributed by atoms with E-state index in [-0.39, 0.29) is 41.0 Å². The molecule has 0 radical (unpaired) electrons. The molecule has 10 rings (SSSR count). The van der Waals surface area contributed by atoms with Crippen LogP contribution in [0, 0.1) is 27.6 Å². The van der Waals surface area contributed by atoms with Gasteiger partial charge in [-0.05, 0) is 85.8 Å². The van der Waals surface area contributed by atoms with Gasteiger partial charge >= 0.3 is 0 Å². The highest BCUT2D eigenvalue weighted by Gasteiger charge is 2.64. The van der Waals surface area contributed by atoms with E-state index in [1.807, 2.05) is 11.0 Å². The third kappa shape index (κ3) is 7.93. The van der Waals surface area contributed by atoms with Crippen molar-refractivity contribution in [3.63, 3.8) is 0 Å². The first-order valence-electron chi connectivity index (χ1n) is 23.8. The smallest absolute Gasteiger partial charge is 0.264 e. The minimum atomic E-state index is -2.67. The van der Waals surface area contributed by atoms with E-state index in [1.165, 1.54) is 0 Å². The van der Waals surface area contributed by atoms with Crippen molar-refractivity contribution in [3.8, 4) is 22.9 Å². The molecule has 0 atom stereocenters. The fourth-order valence-corrected chi connectivity index (χ4v) is 12.7. The lowest BCUT2D eigenvalue weighted by Gasteiger charge is -2.63. The number of hydrogen-bond donors (Lipinski definition) is 1. The number of ether oxygens (including phenoxy) is 1. The van der Waals surface area contributed by atoms with Gasteiger partial charge in [-0.1, -0.05) is 39.3 Å². The molecule has 1 spiro atoms. The molecule has 14 nitrogen and oxygen atoms in total. The lowest BCUT2D eigenvalue weighted by atomic mass is 9.49. The van der Waals surface area contributed by atoms with Gasteiger partial charge in [0, 0.05) is 116 Å². The zero-order valence-electron chi connectivity index (χ0n) is 39.5. The molecule has 5 aromatic rings. The van der Waals surface area contributed by atoms with E-state index in [4.69, 9.17) is 31.4 Å². The van der Waals surface area contributed by atoms with Crippen molar-refractivity contribution >= 4 is 40.9 Å². The lowest BCUT2D eigenvalue weighted by molar-refractivity contribution is -0.164. The quantitative estimate of drug-likeness (QED) is 0.152. The van der Waals surface area contributed by atoms with Gasteiger partial charge in [0.05, 0.1) is 34.9 Å². The second-order valence-corrected chi connectivity index (χ2v) is 21.3. The molecule has 2 aliphatic carbocycles. The van der Waals surface area contributed by atoms with Gasteiger partial charge in [-0.2, -0.15) is 15.5 Å². The highest BCUT2D eigenvalue weighted by Crippen LogP contribution is 2.56. The van der Waals surface area contributed by atoms with Crippen molar-refractivity contribution < 1.29 is 23.1 Å². The number of rotatable bonds is 9. The van der Waals surface area contributed by atoms with Crippen LogP contribution >= 0.6 is 11.6 Å². The monoisotopic (exact) mass is 945 g/mol. The lowest BCUT2D eigenvalue weighted by Crippen LogP contribution is -2.74. The maximum atomic E-state index is 14.8. The minimum absolute atomic E-state index is 0.0110. The van der Waals surface area contributed by atoms with Gasteiger partial charge in [0.15, 0.2) is 5.82 Å². The number of alkyl halides is 2. The molecule has 0 bridgehead atoms. The normalized spacial score (nSPS) is 21.6.